The van der Waals surface area contributed by atoms with Crippen LogP contribution in [-0.4, -0.2) is 14.4 Å². The van der Waals surface area contributed by atoms with Crippen molar-refractivity contribution in [2.24, 2.45) is 5.73 Å². The second-order valence-electron chi connectivity index (χ2n) is 2.63. The minimum absolute atomic E-state index is 0.229. The van der Waals surface area contributed by atoms with Crippen LogP contribution in [0, 0.1) is 11.3 Å². The van der Waals surface area contributed by atoms with Crippen LogP contribution >= 0.6 is 11.6 Å². The van der Waals surface area contributed by atoms with Crippen molar-refractivity contribution in [2.75, 3.05) is 0 Å². The SMILES string of the molecule is N#Cc1ccnc2nc(CN)c(Cl)n12. The summed E-state index contributed by atoms with van der Waals surface area (Å²) in [5.41, 5.74) is 6.37. The van der Waals surface area contributed by atoms with Crippen LogP contribution in [0.3, 0.4) is 0 Å². The summed E-state index contributed by atoms with van der Waals surface area (Å²) in [6.45, 7) is 0.229. The quantitative estimate of drug-likeness (QED) is 0.747. The Morgan fingerprint density at radius 3 is 3.07 bits per heavy atom. The van der Waals surface area contributed by atoms with E-state index in [2.05, 4.69) is 9.97 Å². The molecule has 0 aliphatic carbocycles. The summed E-state index contributed by atoms with van der Waals surface area (Å²) in [5.74, 6) is 0.398. The number of nitriles is 1. The van der Waals surface area contributed by atoms with Crippen molar-refractivity contribution in [1.82, 2.24) is 14.4 Å². The maximum absolute atomic E-state index is 8.83. The molecule has 70 valence electrons. The minimum atomic E-state index is 0.229. The first-order valence-electron chi connectivity index (χ1n) is 3.90. The zero-order valence-electron chi connectivity index (χ0n) is 7.11. The van der Waals surface area contributed by atoms with E-state index >= 15 is 0 Å². The summed E-state index contributed by atoms with van der Waals surface area (Å²) in [4.78, 5) is 8.06. The summed E-state index contributed by atoms with van der Waals surface area (Å²) >= 11 is 5.97. The third kappa shape index (κ3) is 1.13. The molecule has 0 amide bonds. The first-order valence-corrected chi connectivity index (χ1v) is 4.27. The summed E-state index contributed by atoms with van der Waals surface area (Å²) in [6.07, 6.45) is 1.51. The molecule has 0 aromatic carbocycles. The van der Waals surface area contributed by atoms with Crippen LogP contribution in [0.1, 0.15) is 11.4 Å². The summed E-state index contributed by atoms with van der Waals surface area (Å²) in [5, 5.41) is 9.18. The average molecular weight is 208 g/mol. The Morgan fingerprint density at radius 1 is 1.64 bits per heavy atom. The van der Waals surface area contributed by atoms with Gasteiger partial charge in [-0.15, -0.1) is 0 Å². The average Bonchev–Trinajstić information content (AvgIpc) is 2.55. The fraction of sp³-hybridized carbons (Fsp3) is 0.125. The number of rotatable bonds is 1. The second-order valence-corrected chi connectivity index (χ2v) is 2.99. The van der Waals surface area contributed by atoms with Gasteiger partial charge >= 0.3 is 0 Å². The van der Waals surface area contributed by atoms with Gasteiger partial charge in [0.2, 0.25) is 5.78 Å². The largest absolute Gasteiger partial charge is 0.325 e. The molecule has 2 heterocycles. The fourth-order valence-electron chi connectivity index (χ4n) is 1.20. The number of hydrogen-bond acceptors (Lipinski definition) is 4. The number of nitrogens with zero attached hydrogens (tertiary/aromatic N) is 4. The molecule has 0 spiro atoms. The summed E-state index contributed by atoms with van der Waals surface area (Å²) in [6, 6.07) is 3.58. The number of hydrogen-bond donors (Lipinski definition) is 1. The Balaban J connectivity index is 2.87. The van der Waals surface area contributed by atoms with Crippen LogP contribution < -0.4 is 5.73 Å². The van der Waals surface area contributed by atoms with Crippen LogP contribution in [0.4, 0.5) is 0 Å². The van der Waals surface area contributed by atoms with E-state index in [1.54, 1.807) is 6.07 Å². The van der Waals surface area contributed by atoms with E-state index in [1.807, 2.05) is 6.07 Å². The molecule has 5 nitrogen and oxygen atoms in total. The lowest BCUT2D eigenvalue weighted by Crippen LogP contribution is -1.97. The van der Waals surface area contributed by atoms with Gasteiger partial charge in [-0.3, -0.25) is 4.40 Å². The van der Waals surface area contributed by atoms with Gasteiger partial charge in [0.1, 0.15) is 16.9 Å². The molecule has 6 heteroatoms. The van der Waals surface area contributed by atoms with Crippen molar-refractivity contribution in [3.05, 3.63) is 28.8 Å². The van der Waals surface area contributed by atoms with E-state index in [1.165, 1.54) is 10.6 Å². The van der Waals surface area contributed by atoms with Gasteiger partial charge in [-0.2, -0.15) is 5.26 Å². The molecule has 0 fully saturated rings. The molecule has 0 atom stereocenters. The molecule has 0 saturated carbocycles. The van der Waals surface area contributed by atoms with Gasteiger partial charge in [-0.05, 0) is 6.07 Å². The smallest absolute Gasteiger partial charge is 0.236 e. The Kier molecular flexibility index (Phi) is 2.08. The Morgan fingerprint density at radius 2 is 2.43 bits per heavy atom. The van der Waals surface area contributed by atoms with Crippen molar-refractivity contribution in [3.8, 4) is 6.07 Å². The Bertz CT molecular complexity index is 524. The highest BCUT2D eigenvalue weighted by molar-refractivity contribution is 6.30. The minimum Gasteiger partial charge on any atom is -0.325 e. The number of aromatic nitrogens is 3. The summed E-state index contributed by atoms with van der Waals surface area (Å²) < 4.78 is 1.48. The number of fused-ring (bicyclic) bond motifs is 1. The van der Waals surface area contributed by atoms with Crippen molar-refractivity contribution in [1.29, 1.82) is 5.26 Å². The Hall–Kier alpha value is -1.64. The van der Waals surface area contributed by atoms with Gasteiger partial charge in [-0.25, -0.2) is 9.97 Å². The van der Waals surface area contributed by atoms with Crippen LogP contribution in [0.15, 0.2) is 12.3 Å². The van der Waals surface area contributed by atoms with Crippen molar-refractivity contribution < 1.29 is 0 Å². The number of halogens is 1. The third-order valence-electron chi connectivity index (χ3n) is 1.84. The zero-order chi connectivity index (χ0) is 10.1. The lowest BCUT2D eigenvalue weighted by Gasteiger charge is -1.95. The zero-order valence-corrected chi connectivity index (χ0v) is 7.86. The van der Waals surface area contributed by atoms with Gasteiger partial charge in [0, 0.05) is 12.7 Å². The van der Waals surface area contributed by atoms with Gasteiger partial charge in [0.05, 0.1) is 5.69 Å². The normalized spacial score (nSPS) is 10.4. The maximum Gasteiger partial charge on any atom is 0.236 e. The van der Waals surface area contributed by atoms with E-state index in [-0.39, 0.29) is 6.54 Å². The highest BCUT2D eigenvalue weighted by Gasteiger charge is 2.11. The third-order valence-corrected chi connectivity index (χ3v) is 2.23. The van der Waals surface area contributed by atoms with E-state index in [0.29, 0.717) is 22.3 Å². The molecule has 14 heavy (non-hydrogen) atoms. The molecule has 0 bridgehead atoms. The maximum atomic E-state index is 8.83. The van der Waals surface area contributed by atoms with E-state index in [0.717, 1.165) is 0 Å². The van der Waals surface area contributed by atoms with E-state index < -0.39 is 0 Å². The van der Waals surface area contributed by atoms with E-state index in [4.69, 9.17) is 22.6 Å². The van der Waals surface area contributed by atoms with E-state index in [9.17, 15) is 0 Å². The van der Waals surface area contributed by atoms with Gasteiger partial charge in [0.15, 0.2) is 0 Å². The molecular formula is C8H6ClN5. The molecule has 2 N–H and O–H groups in total. The molecule has 0 radical (unpaired) electrons. The lowest BCUT2D eigenvalue weighted by molar-refractivity contribution is 1.01. The van der Waals surface area contributed by atoms with Gasteiger partial charge in [0.25, 0.3) is 0 Å². The summed E-state index contributed by atoms with van der Waals surface area (Å²) in [7, 11) is 0. The number of imidazole rings is 1. The van der Waals surface area contributed by atoms with Crippen LogP contribution in [0.2, 0.25) is 5.15 Å². The van der Waals surface area contributed by atoms with Crippen LogP contribution in [-0.2, 0) is 6.54 Å². The topological polar surface area (TPSA) is 80.0 Å². The molecule has 2 aromatic heterocycles. The molecule has 0 unspecified atom stereocenters. The molecule has 0 aliphatic heterocycles. The van der Waals surface area contributed by atoms with Gasteiger partial charge < -0.3 is 5.73 Å². The molecule has 0 aliphatic rings. The van der Waals surface area contributed by atoms with Crippen molar-refractivity contribution in [2.45, 2.75) is 6.54 Å². The molecule has 2 rings (SSSR count). The lowest BCUT2D eigenvalue weighted by atomic mass is 10.4. The predicted octanol–water partition coefficient (Wildman–Crippen LogP) is 0.713. The monoisotopic (exact) mass is 207 g/mol. The van der Waals surface area contributed by atoms with Crippen LogP contribution in [0.5, 0.6) is 0 Å². The Labute approximate surface area is 84.8 Å². The molecule has 0 saturated heterocycles. The molecule has 2 aromatic rings. The second kappa shape index (κ2) is 3.25. The van der Waals surface area contributed by atoms with Crippen molar-refractivity contribution >= 4 is 17.4 Å². The molecular weight excluding hydrogens is 202 g/mol. The first kappa shape index (κ1) is 8.94. The predicted molar refractivity (Wildman–Crippen MR) is 50.6 cm³/mol. The van der Waals surface area contributed by atoms with Crippen molar-refractivity contribution in [3.63, 3.8) is 0 Å². The highest BCUT2D eigenvalue weighted by atomic mass is 35.5. The first-order chi connectivity index (χ1) is 6.77. The number of nitrogens with two attached hydrogens (primary N) is 1. The van der Waals surface area contributed by atoms with Gasteiger partial charge in [-0.1, -0.05) is 11.6 Å². The van der Waals surface area contributed by atoms with Crippen LogP contribution in [0.25, 0.3) is 5.78 Å². The standard InChI is InChI=1S/C8H6ClN5/c9-7-6(4-11)13-8-12-2-1-5(3-10)14(7)8/h1-2H,4,11H2. The highest BCUT2D eigenvalue weighted by Crippen LogP contribution is 2.18. The fourth-order valence-corrected chi connectivity index (χ4v) is 1.49.